The van der Waals surface area contributed by atoms with E-state index in [0.717, 1.165) is 67.4 Å². The number of aromatic nitrogens is 5. The van der Waals surface area contributed by atoms with Crippen molar-refractivity contribution in [2.45, 2.75) is 52.7 Å². The zero-order valence-corrected chi connectivity index (χ0v) is 21.5. The molecule has 0 radical (unpaired) electrons. The summed E-state index contributed by atoms with van der Waals surface area (Å²) >= 11 is 0. The Kier molecular flexibility index (Phi) is 5.11. The minimum Gasteiger partial charge on any atom is -0.488 e. The maximum Gasteiger partial charge on any atom is 0.439 e. The molecule has 0 spiro atoms. The van der Waals surface area contributed by atoms with Crippen molar-refractivity contribution in [1.82, 2.24) is 24.7 Å². The number of rotatable bonds is 4. The summed E-state index contributed by atoms with van der Waals surface area (Å²) in [6.07, 6.45) is 2.35. The fraction of sp³-hybridized carbons (Fsp3) is 0.267. The summed E-state index contributed by atoms with van der Waals surface area (Å²) < 4.78 is 13.4. The summed E-state index contributed by atoms with van der Waals surface area (Å²) in [6.45, 7) is 7.21. The number of allylic oxidation sites excluding steroid dienone is 1. The largest absolute Gasteiger partial charge is 0.488 e. The van der Waals surface area contributed by atoms with Gasteiger partial charge >= 0.3 is 5.76 Å². The van der Waals surface area contributed by atoms with Crippen LogP contribution in [-0.2, 0) is 13.2 Å². The molecule has 38 heavy (non-hydrogen) atoms. The minimum atomic E-state index is -0.577. The maximum atomic E-state index is 11.7. The summed E-state index contributed by atoms with van der Waals surface area (Å²) in [7, 11) is 0. The molecule has 0 saturated heterocycles. The molecule has 0 bridgehead atoms. The minimum absolute atomic E-state index is 0.410. The average molecular weight is 506 g/mol. The van der Waals surface area contributed by atoms with Gasteiger partial charge in [0, 0.05) is 22.7 Å². The van der Waals surface area contributed by atoms with Crippen LogP contribution >= 0.6 is 0 Å². The van der Waals surface area contributed by atoms with Crippen LogP contribution < -0.4 is 10.5 Å². The molecule has 1 saturated carbocycles. The molecule has 7 rings (SSSR count). The highest BCUT2D eigenvalue weighted by Crippen LogP contribution is 2.42. The number of aromatic amines is 1. The lowest BCUT2D eigenvalue weighted by atomic mass is 9.89. The molecule has 190 valence electrons. The maximum absolute atomic E-state index is 11.7. The highest BCUT2D eigenvalue weighted by molar-refractivity contribution is 5.99. The van der Waals surface area contributed by atoms with Gasteiger partial charge in [-0.2, -0.15) is 0 Å². The number of H-pyrrole nitrogens is 1. The van der Waals surface area contributed by atoms with Gasteiger partial charge in [-0.1, -0.05) is 35.5 Å². The molecule has 1 aliphatic heterocycles. The molecule has 3 aromatic heterocycles. The van der Waals surface area contributed by atoms with Gasteiger partial charge in [0.2, 0.25) is 0 Å². The molecule has 2 aliphatic rings. The van der Waals surface area contributed by atoms with E-state index in [0.29, 0.717) is 24.9 Å². The van der Waals surface area contributed by atoms with E-state index >= 15 is 0 Å². The van der Waals surface area contributed by atoms with Gasteiger partial charge in [-0.05, 0) is 79.6 Å². The lowest BCUT2D eigenvalue weighted by Gasteiger charge is -2.15. The molecule has 0 amide bonds. The molecule has 1 N–H and O–H groups in total. The zero-order chi connectivity index (χ0) is 26.0. The van der Waals surface area contributed by atoms with Crippen LogP contribution in [0.3, 0.4) is 0 Å². The van der Waals surface area contributed by atoms with Gasteiger partial charge in [0.1, 0.15) is 23.7 Å². The molecule has 0 unspecified atom stereocenters. The Hall–Kier alpha value is -4.46. The summed E-state index contributed by atoms with van der Waals surface area (Å²) in [5.41, 5.74) is 10.1. The van der Waals surface area contributed by atoms with Crippen molar-refractivity contribution in [2.75, 3.05) is 0 Å². The Bertz CT molecular complexity index is 1820. The third-order valence-corrected chi connectivity index (χ3v) is 7.48. The van der Waals surface area contributed by atoms with Gasteiger partial charge in [-0.3, -0.25) is 9.51 Å². The second-order valence-electron chi connectivity index (χ2n) is 10.3. The Balaban J connectivity index is 1.36. The third kappa shape index (κ3) is 3.75. The Morgan fingerprint density at radius 2 is 1.92 bits per heavy atom. The lowest BCUT2D eigenvalue weighted by molar-refractivity contribution is 0.307. The normalized spacial score (nSPS) is 16.1. The first-order chi connectivity index (χ1) is 18.5. The van der Waals surface area contributed by atoms with Crippen molar-refractivity contribution >= 4 is 22.3 Å². The molecular formula is C30H27N5O3. The highest BCUT2D eigenvalue weighted by atomic mass is 16.5. The number of benzene rings is 2. The van der Waals surface area contributed by atoms with Crippen LogP contribution in [0, 0.1) is 13.8 Å². The second-order valence-corrected chi connectivity index (χ2v) is 10.3. The number of aryl methyl sites for hydroxylation is 2. The quantitative estimate of drug-likeness (QED) is 0.345. The van der Waals surface area contributed by atoms with Crippen LogP contribution in [-0.4, -0.2) is 24.7 Å². The number of para-hydroxylation sites is 1. The van der Waals surface area contributed by atoms with Crippen LogP contribution in [0.4, 0.5) is 0 Å². The number of ether oxygens (including phenoxy) is 1. The SMILES string of the molecule is CC(=C1c2ccc(Cn3c(C4CC4)nc4c(C)cc(C)nc43)cc2COc2ccccc21)c1noc(=O)[nH]1. The number of hydrogen-bond acceptors (Lipinski definition) is 6. The van der Waals surface area contributed by atoms with Crippen LogP contribution in [0.15, 0.2) is 57.8 Å². The van der Waals surface area contributed by atoms with E-state index < -0.39 is 5.76 Å². The molecule has 8 nitrogen and oxygen atoms in total. The molecule has 4 heterocycles. The monoisotopic (exact) mass is 505 g/mol. The fourth-order valence-electron chi connectivity index (χ4n) is 5.53. The standard InChI is InChI=1S/C30H27N5O3/c1-16-12-17(2)31-29-26(16)32-28(20-9-10-20)35(29)14-19-8-11-22-21(13-19)15-37-24-7-5-4-6-23(24)25(22)18(3)27-33-30(36)38-34-27/h4-8,11-13,20H,9-10,14-15H2,1-3H3,(H,33,34,36). The number of fused-ring (bicyclic) bond motifs is 3. The lowest BCUT2D eigenvalue weighted by Crippen LogP contribution is -2.07. The van der Waals surface area contributed by atoms with Crippen molar-refractivity contribution in [3.05, 3.63) is 104 Å². The zero-order valence-electron chi connectivity index (χ0n) is 21.5. The van der Waals surface area contributed by atoms with E-state index in [2.05, 4.69) is 45.9 Å². The molecule has 0 atom stereocenters. The van der Waals surface area contributed by atoms with Crippen LogP contribution in [0.25, 0.3) is 22.3 Å². The topological polar surface area (TPSA) is 98.8 Å². The molecule has 8 heteroatoms. The van der Waals surface area contributed by atoms with Gasteiger partial charge in [-0.15, -0.1) is 0 Å². The first kappa shape index (κ1) is 22.7. The van der Waals surface area contributed by atoms with Gasteiger partial charge in [0.05, 0.1) is 6.54 Å². The van der Waals surface area contributed by atoms with Crippen molar-refractivity contribution in [3.63, 3.8) is 0 Å². The Labute approximate surface area is 219 Å². The predicted octanol–water partition coefficient (Wildman–Crippen LogP) is 5.52. The average Bonchev–Trinajstić information content (AvgIpc) is 3.59. The van der Waals surface area contributed by atoms with E-state index in [1.165, 1.54) is 12.8 Å². The molecule has 1 fully saturated rings. The van der Waals surface area contributed by atoms with E-state index in [9.17, 15) is 4.79 Å². The van der Waals surface area contributed by atoms with E-state index in [1.807, 2.05) is 38.1 Å². The van der Waals surface area contributed by atoms with Crippen molar-refractivity contribution in [1.29, 1.82) is 0 Å². The van der Waals surface area contributed by atoms with Crippen LogP contribution in [0.1, 0.15) is 70.8 Å². The summed E-state index contributed by atoms with van der Waals surface area (Å²) in [6, 6.07) is 16.6. The summed E-state index contributed by atoms with van der Waals surface area (Å²) in [5, 5.41) is 3.95. The molecular weight excluding hydrogens is 478 g/mol. The van der Waals surface area contributed by atoms with Crippen LogP contribution in [0.2, 0.25) is 0 Å². The molecule has 2 aromatic carbocycles. The fourth-order valence-corrected chi connectivity index (χ4v) is 5.53. The van der Waals surface area contributed by atoms with E-state index in [1.54, 1.807) is 0 Å². The van der Waals surface area contributed by atoms with Gasteiger partial charge in [0.15, 0.2) is 11.5 Å². The van der Waals surface area contributed by atoms with E-state index in [4.69, 9.17) is 19.2 Å². The smallest absolute Gasteiger partial charge is 0.439 e. The van der Waals surface area contributed by atoms with Crippen molar-refractivity contribution in [2.24, 2.45) is 0 Å². The highest BCUT2D eigenvalue weighted by Gasteiger charge is 2.31. The van der Waals surface area contributed by atoms with Gasteiger partial charge in [0.25, 0.3) is 0 Å². The summed E-state index contributed by atoms with van der Waals surface area (Å²) in [4.78, 5) is 24.3. The number of pyridine rings is 1. The van der Waals surface area contributed by atoms with Crippen molar-refractivity contribution < 1.29 is 9.26 Å². The molecule has 1 aliphatic carbocycles. The second kappa shape index (κ2) is 8.55. The Morgan fingerprint density at radius 3 is 2.71 bits per heavy atom. The van der Waals surface area contributed by atoms with Crippen LogP contribution in [0.5, 0.6) is 5.75 Å². The Morgan fingerprint density at radius 1 is 1.08 bits per heavy atom. The number of nitrogens with one attached hydrogen (secondary N) is 1. The van der Waals surface area contributed by atoms with E-state index in [-0.39, 0.29) is 0 Å². The number of imidazole rings is 1. The first-order valence-electron chi connectivity index (χ1n) is 12.9. The predicted molar refractivity (Wildman–Crippen MR) is 144 cm³/mol. The summed E-state index contributed by atoms with van der Waals surface area (Å²) in [5.74, 6) is 2.26. The van der Waals surface area contributed by atoms with Gasteiger partial charge in [-0.25, -0.2) is 14.8 Å². The van der Waals surface area contributed by atoms with Gasteiger partial charge < -0.3 is 9.30 Å². The van der Waals surface area contributed by atoms with Crippen molar-refractivity contribution in [3.8, 4) is 5.75 Å². The number of nitrogens with zero attached hydrogens (tertiary/aromatic N) is 4. The first-order valence-corrected chi connectivity index (χ1v) is 12.9. The molecule has 5 aromatic rings. The number of hydrogen-bond donors (Lipinski definition) is 1. The third-order valence-electron chi connectivity index (χ3n) is 7.48.